The second-order valence-electron chi connectivity index (χ2n) is 4.15. The average molecular weight is 232 g/mol. The summed E-state index contributed by atoms with van der Waals surface area (Å²) in [7, 11) is -1.50. The van der Waals surface area contributed by atoms with Gasteiger partial charge < -0.3 is 5.73 Å². The Hall–Kier alpha value is -0.390. The first kappa shape index (κ1) is 12.7. The summed E-state index contributed by atoms with van der Waals surface area (Å²) in [5, 5.41) is 0. The van der Waals surface area contributed by atoms with Gasteiger partial charge in [-0.2, -0.15) is 0 Å². The predicted molar refractivity (Wildman–Crippen MR) is 62.0 cm³/mol. The molecule has 0 bridgehead atoms. The molecule has 0 unspecified atom stereocenters. The molecule has 88 valence electrons. The van der Waals surface area contributed by atoms with E-state index < -0.39 is 10.0 Å². The van der Waals surface area contributed by atoms with Crippen molar-refractivity contribution in [3.8, 4) is 0 Å². The van der Waals surface area contributed by atoms with Crippen LogP contribution in [0.1, 0.15) is 25.7 Å². The number of nitrogens with zero attached hydrogens (tertiary/aromatic N) is 1. The highest BCUT2D eigenvalue weighted by atomic mass is 32.2. The van der Waals surface area contributed by atoms with Gasteiger partial charge in [0.15, 0.2) is 0 Å². The van der Waals surface area contributed by atoms with Crippen molar-refractivity contribution < 1.29 is 8.42 Å². The topological polar surface area (TPSA) is 63.4 Å². The molecule has 1 aliphatic rings. The van der Waals surface area contributed by atoms with E-state index in [1.807, 2.05) is 0 Å². The Balaban J connectivity index is 2.60. The van der Waals surface area contributed by atoms with Crippen LogP contribution in [0, 0.1) is 0 Å². The zero-order chi connectivity index (χ0) is 11.5. The van der Waals surface area contributed by atoms with Crippen LogP contribution >= 0.6 is 0 Å². The van der Waals surface area contributed by atoms with Gasteiger partial charge >= 0.3 is 0 Å². The lowest BCUT2D eigenvalue weighted by atomic mass is 9.92. The maximum Gasteiger partial charge on any atom is 0.217 e. The molecule has 0 aliphatic heterocycles. The largest absolute Gasteiger partial charge is 0.328 e. The number of sulfonamides is 1. The molecule has 2 N–H and O–H groups in total. The van der Waals surface area contributed by atoms with Crippen LogP contribution < -0.4 is 5.73 Å². The van der Waals surface area contributed by atoms with Crippen LogP contribution in [0.3, 0.4) is 0 Å². The van der Waals surface area contributed by atoms with Crippen molar-refractivity contribution in [1.29, 1.82) is 0 Å². The van der Waals surface area contributed by atoms with Crippen LogP contribution in [0.4, 0.5) is 0 Å². The third-order valence-corrected chi connectivity index (χ3v) is 4.86. The van der Waals surface area contributed by atoms with Gasteiger partial charge in [-0.25, -0.2) is 12.7 Å². The monoisotopic (exact) mass is 232 g/mol. The van der Waals surface area contributed by atoms with Crippen LogP contribution in [0.2, 0.25) is 0 Å². The Morgan fingerprint density at radius 2 is 1.93 bits per heavy atom. The molecule has 4 nitrogen and oxygen atoms in total. The Morgan fingerprint density at radius 3 is 2.40 bits per heavy atom. The minimum absolute atomic E-state index is 0.0199. The van der Waals surface area contributed by atoms with Gasteiger partial charge in [-0.3, -0.25) is 0 Å². The van der Waals surface area contributed by atoms with E-state index in [2.05, 4.69) is 6.58 Å². The zero-order valence-corrected chi connectivity index (χ0v) is 10.0. The number of nitrogens with two attached hydrogens (primary N) is 1. The number of rotatable bonds is 4. The van der Waals surface area contributed by atoms with Crippen LogP contribution in [0.25, 0.3) is 0 Å². The van der Waals surface area contributed by atoms with E-state index in [1.165, 1.54) is 10.4 Å². The summed E-state index contributed by atoms with van der Waals surface area (Å²) in [6.07, 6.45) is 5.00. The summed E-state index contributed by atoms with van der Waals surface area (Å²) in [5.41, 5.74) is 5.78. The molecule has 0 aromatic heterocycles. The van der Waals surface area contributed by atoms with Crippen molar-refractivity contribution in [1.82, 2.24) is 4.31 Å². The summed E-state index contributed by atoms with van der Waals surface area (Å²) >= 11 is 0. The van der Waals surface area contributed by atoms with E-state index in [4.69, 9.17) is 5.73 Å². The summed E-state index contributed by atoms with van der Waals surface area (Å²) in [4.78, 5) is 0. The van der Waals surface area contributed by atoms with Crippen molar-refractivity contribution >= 4 is 10.0 Å². The molecule has 0 spiro atoms. The normalized spacial score (nSPS) is 27.9. The average Bonchev–Trinajstić information content (AvgIpc) is 2.18. The molecular weight excluding hydrogens is 212 g/mol. The molecule has 0 heterocycles. The van der Waals surface area contributed by atoms with Crippen LogP contribution in [-0.4, -0.2) is 37.6 Å². The van der Waals surface area contributed by atoms with E-state index >= 15 is 0 Å². The van der Waals surface area contributed by atoms with E-state index in [0.717, 1.165) is 25.7 Å². The molecule has 0 amide bonds. The summed E-state index contributed by atoms with van der Waals surface area (Å²) in [6.45, 7) is 3.46. The first-order chi connectivity index (χ1) is 6.97. The van der Waals surface area contributed by atoms with E-state index in [1.54, 1.807) is 7.05 Å². The molecule has 0 aromatic carbocycles. The van der Waals surface area contributed by atoms with Gasteiger partial charge in [0.1, 0.15) is 0 Å². The second-order valence-corrected chi connectivity index (χ2v) is 6.23. The highest BCUT2D eigenvalue weighted by molar-refractivity contribution is 7.89. The fourth-order valence-corrected chi connectivity index (χ4v) is 3.16. The molecule has 1 saturated carbocycles. The van der Waals surface area contributed by atoms with Gasteiger partial charge in [0.05, 0.1) is 5.75 Å². The Bertz CT molecular complexity index is 305. The van der Waals surface area contributed by atoms with Crippen LogP contribution in [0.5, 0.6) is 0 Å². The van der Waals surface area contributed by atoms with Crippen molar-refractivity contribution in [2.45, 2.75) is 37.8 Å². The van der Waals surface area contributed by atoms with Crippen molar-refractivity contribution in [2.24, 2.45) is 5.73 Å². The van der Waals surface area contributed by atoms with Crippen molar-refractivity contribution in [3.63, 3.8) is 0 Å². The SMILES string of the molecule is C=CCS(=O)(=O)N(C)C1CCC(N)CC1. The third-order valence-electron chi connectivity index (χ3n) is 3.02. The molecule has 1 aliphatic carbocycles. The smallest absolute Gasteiger partial charge is 0.217 e. The van der Waals surface area contributed by atoms with E-state index in [9.17, 15) is 8.42 Å². The van der Waals surface area contributed by atoms with Gasteiger partial charge in [0, 0.05) is 19.1 Å². The molecule has 0 atom stereocenters. The Morgan fingerprint density at radius 1 is 1.40 bits per heavy atom. The lowest BCUT2D eigenvalue weighted by molar-refractivity contribution is 0.269. The number of hydrogen-bond donors (Lipinski definition) is 1. The molecule has 0 saturated heterocycles. The molecule has 0 aromatic rings. The van der Waals surface area contributed by atoms with Gasteiger partial charge in [-0.15, -0.1) is 6.58 Å². The lowest BCUT2D eigenvalue weighted by Gasteiger charge is -2.32. The lowest BCUT2D eigenvalue weighted by Crippen LogP contribution is -2.42. The first-order valence-corrected chi connectivity index (χ1v) is 6.90. The van der Waals surface area contributed by atoms with Crippen molar-refractivity contribution in [2.75, 3.05) is 12.8 Å². The van der Waals surface area contributed by atoms with Crippen LogP contribution in [0.15, 0.2) is 12.7 Å². The van der Waals surface area contributed by atoms with Gasteiger partial charge in [0.25, 0.3) is 0 Å². The predicted octanol–water partition coefficient (Wildman–Crippen LogP) is 0.704. The number of hydrogen-bond acceptors (Lipinski definition) is 3. The Kier molecular flexibility index (Phi) is 4.31. The molecular formula is C10H20N2O2S. The van der Waals surface area contributed by atoms with E-state index in [0.29, 0.717) is 0 Å². The summed E-state index contributed by atoms with van der Waals surface area (Å²) < 4.78 is 25.0. The maximum absolute atomic E-state index is 11.7. The van der Waals surface area contributed by atoms with Gasteiger partial charge in [-0.1, -0.05) is 6.08 Å². The standard InChI is InChI=1S/C10H20N2O2S/c1-3-8-15(13,14)12(2)10-6-4-9(11)5-7-10/h3,9-10H,1,4-8,11H2,2H3. The minimum Gasteiger partial charge on any atom is -0.328 e. The molecule has 1 rings (SSSR count). The highest BCUT2D eigenvalue weighted by Crippen LogP contribution is 2.23. The minimum atomic E-state index is -3.15. The molecule has 5 heteroatoms. The van der Waals surface area contributed by atoms with Gasteiger partial charge in [-0.05, 0) is 25.7 Å². The van der Waals surface area contributed by atoms with E-state index in [-0.39, 0.29) is 17.8 Å². The first-order valence-electron chi connectivity index (χ1n) is 5.29. The molecule has 0 radical (unpaired) electrons. The molecule has 1 fully saturated rings. The fourth-order valence-electron chi connectivity index (χ4n) is 1.96. The second kappa shape index (κ2) is 5.09. The van der Waals surface area contributed by atoms with Crippen LogP contribution in [-0.2, 0) is 10.0 Å². The van der Waals surface area contributed by atoms with Crippen molar-refractivity contribution in [3.05, 3.63) is 12.7 Å². The fraction of sp³-hybridized carbons (Fsp3) is 0.800. The third kappa shape index (κ3) is 3.29. The Labute approximate surface area is 92.2 Å². The summed E-state index contributed by atoms with van der Waals surface area (Å²) in [6, 6.07) is 0.367. The maximum atomic E-state index is 11.7. The zero-order valence-electron chi connectivity index (χ0n) is 9.22. The quantitative estimate of drug-likeness (QED) is 0.726. The van der Waals surface area contributed by atoms with Gasteiger partial charge in [0.2, 0.25) is 10.0 Å². The highest BCUT2D eigenvalue weighted by Gasteiger charge is 2.28. The molecule has 15 heavy (non-hydrogen) atoms. The summed E-state index contributed by atoms with van der Waals surface area (Å²) in [5.74, 6) is 0.0199.